The third-order valence-corrected chi connectivity index (χ3v) is 8.83. The minimum atomic E-state index is -0.208. The second-order valence-electron chi connectivity index (χ2n) is 9.02. The second kappa shape index (κ2) is 10.0. The van der Waals surface area contributed by atoms with Gasteiger partial charge in [0.25, 0.3) is 0 Å². The first-order valence-corrected chi connectivity index (χ1v) is 14.2. The van der Waals surface area contributed by atoms with Crippen molar-refractivity contribution in [1.82, 2.24) is 24.9 Å². The third-order valence-electron chi connectivity index (χ3n) is 6.72. The number of fused-ring (bicyclic) bond motifs is 5. The summed E-state index contributed by atoms with van der Waals surface area (Å²) in [6.45, 7) is 2.10. The summed E-state index contributed by atoms with van der Waals surface area (Å²) in [5.41, 5.74) is 4.39. The van der Waals surface area contributed by atoms with Gasteiger partial charge in [-0.2, -0.15) is 0 Å². The standard InChI is InChI=1S/C28H27N5OS2/c1-2-22-29-27-24(20-15-9-10-16-21(20)36-27)26-31-32-28(33(22)26)35-17-23(34)30-25(18-11-5-3-6-12-18)19-13-7-4-8-14-19/h3-8,11-14,25H,2,9-10,15-17H2,1H3,(H,30,34). The molecule has 0 atom stereocenters. The molecule has 5 aromatic rings. The van der Waals surface area contributed by atoms with E-state index in [4.69, 9.17) is 4.98 Å². The molecule has 0 bridgehead atoms. The monoisotopic (exact) mass is 513 g/mol. The van der Waals surface area contributed by atoms with Gasteiger partial charge in [0, 0.05) is 11.3 Å². The van der Waals surface area contributed by atoms with E-state index < -0.39 is 0 Å². The van der Waals surface area contributed by atoms with Crippen LogP contribution in [0.15, 0.2) is 65.8 Å². The molecule has 0 aliphatic heterocycles. The fourth-order valence-corrected chi connectivity index (χ4v) is 7.04. The molecule has 3 aromatic heterocycles. The second-order valence-corrected chi connectivity index (χ2v) is 11.1. The van der Waals surface area contributed by atoms with Crippen molar-refractivity contribution in [1.29, 1.82) is 0 Å². The predicted molar refractivity (Wildman–Crippen MR) is 146 cm³/mol. The van der Waals surface area contributed by atoms with Gasteiger partial charge >= 0.3 is 0 Å². The van der Waals surface area contributed by atoms with Crippen LogP contribution in [-0.2, 0) is 24.1 Å². The van der Waals surface area contributed by atoms with Crippen molar-refractivity contribution in [3.05, 3.63) is 88.1 Å². The van der Waals surface area contributed by atoms with Gasteiger partial charge in [-0.05, 0) is 42.4 Å². The summed E-state index contributed by atoms with van der Waals surface area (Å²) < 4.78 is 2.06. The maximum atomic E-state index is 13.1. The van der Waals surface area contributed by atoms with Gasteiger partial charge in [0.15, 0.2) is 10.8 Å². The van der Waals surface area contributed by atoms with Crippen LogP contribution in [0.2, 0.25) is 0 Å². The molecule has 6 rings (SSSR count). The Morgan fingerprint density at radius 2 is 1.72 bits per heavy atom. The highest BCUT2D eigenvalue weighted by Gasteiger charge is 2.24. The summed E-state index contributed by atoms with van der Waals surface area (Å²) in [6, 6.07) is 19.9. The number of carbonyl (C=O) groups excluding carboxylic acids is 1. The van der Waals surface area contributed by atoms with Crippen LogP contribution in [0.1, 0.15) is 53.2 Å². The van der Waals surface area contributed by atoms with Gasteiger partial charge in [-0.3, -0.25) is 9.20 Å². The molecule has 0 radical (unpaired) electrons. The lowest BCUT2D eigenvalue weighted by Crippen LogP contribution is -2.30. The Balaban J connectivity index is 1.27. The van der Waals surface area contributed by atoms with Crippen LogP contribution in [0.4, 0.5) is 0 Å². The van der Waals surface area contributed by atoms with Crippen molar-refractivity contribution < 1.29 is 4.79 Å². The highest BCUT2D eigenvalue weighted by atomic mass is 32.2. The van der Waals surface area contributed by atoms with E-state index in [0.29, 0.717) is 0 Å². The number of aromatic nitrogens is 4. The fourth-order valence-electron chi connectivity index (χ4n) is 5.01. The van der Waals surface area contributed by atoms with Gasteiger partial charge < -0.3 is 5.32 Å². The van der Waals surface area contributed by atoms with Gasteiger partial charge in [0.1, 0.15) is 10.7 Å². The molecule has 182 valence electrons. The van der Waals surface area contributed by atoms with Crippen molar-refractivity contribution in [2.75, 3.05) is 5.75 Å². The molecule has 1 amide bonds. The molecule has 1 aliphatic rings. The Hall–Kier alpha value is -3.23. The molecular formula is C28H27N5OS2. The minimum Gasteiger partial charge on any atom is -0.344 e. The van der Waals surface area contributed by atoms with Crippen LogP contribution < -0.4 is 5.32 Å². The molecular weight excluding hydrogens is 486 g/mol. The maximum Gasteiger partial charge on any atom is 0.231 e. The van der Waals surface area contributed by atoms with E-state index in [9.17, 15) is 4.79 Å². The van der Waals surface area contributed by atoms with Crippen LogP contribution in [-0.4, -0.2) is 31.2 Å². The van der Waals surface area contributed by atoms with Crippen LogP contribution in [0.25, 0.3) is 15.9 Å². The van der Waals surface area contributed by atoms with Gasteiger partial charge in [-0.1, -0.05) is 79.3 Å². The summed E-state index contributed by atoms with van der Waals surface area (Å²) in [4.78, 5) is 20.7. The van der Waals surface area contributed by atoms with Crippen LogP contribution in [0.5, 0.6) is 0 Å². The van der Waals surface area contributed by atoms with Crippen molar-refractivity contribution in [3.8, 4) is 0 Å². The average Bonchev–Trinajstić information content (AvgIpc) is 3.52. The summed E-state index contributed by atoms with van der Waals surface area (Å²) in [5, 5.41) is 14.2. The zero-order valence-electron chi connectivity index (χ0n) is 20.1. The Kier molecular flexibility index (Phi) is 6.46. The molecule has 1 N–H and O–H groups in total. The topological polar surface area (TPSA) is 72.2 Å². The highest BCUT2D eigenvalue weighted by molar-refractivity contribution is 7.99. The van der Waals surface area contributed by atoms with Crippen molar-refractivity contribution >= 4 is 44.9 Å². The fraction of sp³-hybridized carbons (Fsp3) is 0.286. The Labute approximate surface area is 218 Å². The van der Waals surface area contributed by atoms with E-state index in [1.165, 1.54) is 35.0 Å². The number of nitrogens with one attached hydrogen (secondary N) is 1. The summed E-state index contributed by atoms with van der Waals surface area (Å²) in [7, 11) is 0. The third kappa shape index (κ3) is 4.29. The van der Waals surface area contributed by atoms with E-state index in [1.54, 1.807) is 0 Å². The smallest absolute Gasteiger partial charge is 0.231 e. The molecule has 36 heavy (non-hydrogen) atoms. The van der Waals surface area contributed by atoms with Crippen molar-refractivity contribution in [3.63, 3.8) is 0 Å². The Morgan fingerprint density at radius 3 is 2.42 bits per heavy atom. The number of thiophene rings is 1. The normalized spacial score (nSPS) is 13.4. The first-order valence-electron chi connectivity index (χ1n) is 12.4. The number of amides is 1. The van der Waals surface area contributed by atoms with Gasteiger partial charge in [0.2, 0.25) is 5.91 Å². The zero-order chi connectivity index (χ0) is 24.5. The maximum absolute atomic E-state index is 13.1. The van der Waals surface area contributed by atoms with Crippen LogP contribution in [0, 0.1) is 0 Å². The average molecular weight is 514 g/mol. The number of carbonyl (C=O) groups is 1. The summed E-state index contributed by atoms with van der Waals surface area (Å²) >= 11 is 3.23. The molecule has 0 fully saturated rings. The number of rotatable bonds is 7. The molecule has 2 aromatic carbocycles. The molecule has 1 aliphatic carbocycles. The van der Waals surface area contributed by atoms with Crippen molar-refractivity contribution in [2.45, 2.75) is 50.2 Å². The highest BCUT2D eigenvalue weighted by Crippen LogP contribution is 2.38. The molecule has 8 heteroatoms. The van der Waals surface area contributed by atoms with E-state index in [2.05, 4.69) is 26.8 Å². The lowest BCUT2D eigenvalue weighted by Gasteiger charge is -2.19. The predicted octanol–water partition coefficient (Wildman–Crippen LogP) is 5.78. The molecule has 3 heterocycles. The lowest BCUT2D eigenvalue weighted by atomic mass is 9.97. The summed E-state index contributed by atoms with van der Waals surface area (Å²) in [6.07, 6.45) is 5.43. The molecule has 0 saturated carbocycles. The molecule has 0 saturated heterocycles. The molecule has 0 spiro atoms. The number of hydrogen-bond donors (Lipinski definition) is 1. The number of benzene rings is 2. The number of thioether (sulfide) groups is 1. The van der Waals surface area contributed by atoms with Crippen LogP contribution in [0.3, 0.4) is 0 Å². The largest absolute Gasteiger partial charge is 0.344 e. The van der Waals surface area contributed by atoms with Crippen LogP contribution >= 0.6 is 23.1 Å². The minimum absolute atomic E-state index is 0.0468. The van der Waals surface area contributed by atoms with E-state index in [1.807, 2.05) is 72.0 Å². The van der Waals surface area contributed by atoms with Crippen molar-refractivity contribution in [2.24, 2.45) is 0 Å². The van der Waals surface area contributed by atoms with Gasteiger partial charge in [0.05, 0.1) is 17.2 Å². The number of hydrogen-bond acceptors (Lipinski definition) is 6. The number of nitrogens with zero attached hydrogens (tertiary/aromatic N) is 4. The first kappa shape index (κ1) is 23.2. The van der Waals surface area contributed by atoms with E-state index in [0.717, 1.165) is 57.2 Å². The summed E-state index contributed by atoms with van der Waals surface area (Å²) in [5.74, 6) is 1.14. The molecule has 6 nitrogen and oxygen atoms in total. The quantitative estimate of drug-likeness (QED) is 0.279. The van der Waals surface area contributed by atoms with Gasteiger partial charge in [-0.25, -0.2) is 4.98 Å². The zero-order valence-corrected chi connectivity index (χ0v) is 21.7. The molecule has 0 unspecified atom stereocenters. The lowest BCUT2D eigenvalue weighted by molar-refractivity contribution is -0.119. The van der Waals surface area contributed by atoms with Gasteiger partial charge in [-0.15, -0.1) is 21.5 Å². The SMILES string of the molecule is CCc1nc2sc3c(c2c2nnc(SCC(=O)NC(c4ccccc4)c4ccccc4)n12)CCCC3. The van der Waals surface area contributed by atoms with E-state index in [-0.39, 0.29) is 17.7 Å². The van der Waals surface area contributed by atoms with E-state index >= 15 is 0 Å². The first-order chi connectivity index (χ1) is 17.7. The number of aryl methyl sites for hydroxylation is 3. The Morgan fingerprint density at radius 1 is 1.03 bits per heavy atom. The Bertz CT molecular complexity index is 1490.